The second-order valence-electron chi connectivity index (χ2n) is 4.38. The van der Waals surface area contributed by atoms with Crippen LogP contribution in [-0.2, 0) is 6.42 Å². The molecule has 2 rings (SSSR count). The lowest BCUT2D eigenvalue weighted by Gasteiger charge is -2.07. The molecule has 0 aliphatic heterocycles. The summed E-state index contributed by atoms with van der Waals surface area (Å²) in [5.74, 6) is 0.487. The van der Waals surface area contributed by atoms with E-state index in [1.807, 2.05) is 6.92 Å². The molecule has 4 nitrogen and oxygen atoms in total. The first-order chi connectivity index (χ1) is 8.56. The Morgan fingerprint density at radius 3 is 2.56 bits per heavy atom. The summed E-state index contributed by atoms with van der Waals surface area (Å²) in [6, 6.07) is 6.16. The first-order valence-corrected chi connectivity index (χ1v) is 5.81. The van der Waals surface area contributed by atoms with Crippen LogP contribution in [0.5, 0.6) is 0 Å². The van der Waals surface area contributed by atoms with Crippen molar-refractivity contribution in [2.24, 2.45) is 0 Å². The summed E-state index contributed by atoms with van der Waals surface area (Å²) in [5, 5.41) is 13.3. The number of halogens is 1. The van der Waals surface area contributed by atoms with Gasteiger partial charge in [-0.1, -0.05) is 24.2 Å². The predicted molar refractivity (Wildman–Crippen MR) is 63.6 cm³/mol. The van der Waals surface area contributed by atoms with Gasteiger partial charge in [0.1, 0.15) is 5.82 Å². The smallest absolute Gasteiger partial charge is 0.232 e. The fourth-order valence-corrected chi connectivity index (χ4v) is 1.52. The molecule has 2 aromatic rings. The molecule has 2 unspecified atom stereocenters. The van der Waals surface area contributed by atoms with Crippen LogP contribution >= 0.6 is 0 Å². The summed E-state index contributed by atoms with van der Waals surface area (Å²) in [4.78, 5) is 4.22. The number of aromatic nitrogens is 2. The number of aliphatic hydroxyl groups excluding tert-OH is 1. The highest BCUT2D eigenvalue weighted by molar-refractivity contribution is 5.19. The van der Waals surface area contributed by atoms with Crippen LogP contribution in [0.4, 0.5) is 4.39 Å². The quantitative estimate of drug-likeness (QED) is 0.904. The Kier molecular flexibility index (Phi) is 3.72. The average molecular weight is 250 g/mol. The van der Waals surface area contributed by atoms with Crippen molar-refractivity contribution >= 4 is 0 Å². The van der Waals surface area contributed by atoms with Gasteiger partial charge in [-0.05, 0) is 24.6 Å². The Hall–Kier alpha value is -1.75. The summed E-state index contributed by atoms with van der Waals surface area (Å²) in [7, 11) is 0. The van der Waals surface area contributed by atoms with Gasteiger partial charge in [0.05, 0.1) is 12.0 Å². The second kappa shape index (κ2) is 5.27. The Bertz CT molecular complexity index is 508. The van der Waals surface area contributed by atoms with Crippen LogP contribution in [0.15, 0.2) is 28.8 Å². The van der Waals surface area contributed by atoms with Crippen molar-refractivity contribution in [3.63, 3.8) is 0 Å². The maximum Gasteiger partial charge on any atom is 0.232 e. The zero-order valence-corrected chi connectivity index (χ0v) is 10.3. The molecule has 1 heterocycles. The highest BCUT2D eigenvalue weighted by Gasteiger charge is 2.18. The number of hydrogen-bond donors (Lipinski definition) is 1. The molecule has 0 aliphatic rings. The summed E-state index contributed by atoms with van der Waals surface area (Å²) in [6.07, 6.45) is -0.0554. The highest BCUT2D eigenvalue weighted by Crippen LogP contribution is 2.17. The molecule has 96 valence electrons. The van der Waals surface area contributed by atoms with Crippen molar-refractivity contribution in [3.05, 3.63) is 47.4 Å². The normalized spacial score (nSPS) is 14.4. The van der Waals surface area contributed by atoms with Gasteiger partial charge in [-0.15, -0.1) is 0 Å². The third kappa shape index (κ3) is 2.92. The zero-order chi connectivity index (χ0) is 13.1. The standard InChI is InChI=1S/C13H15FN2O2/c1-8(9(2)17)13-15-12(16-18-13)7-10-3-5-11(14)6-4-10/h3-6,8-9,17H,7H2,1-2H3. The topological polar surface area (TPSA) is 59.2 Å². The molecule has 0 fully saturated rings. The van der Waals surface area contributed by atoms with Gasteiger partial charge < -0.3 is 9.63 Å². The molecular formula is C13H15FN2O2. The highest BCUT2D eigenvalue weighted by atomic mass is 19.1. The van der Waals surface area contributed by atoms with Crippen LogP contribution in [0.2, 0.25) is 0 Å². The number of benzene rings is 1. The third-order valence-electron chi connectivity index (χ3n) is 2.87. The van der Waals surface area contributed by atoms with E-state index >= 15 is 0 Å². The lowest BCUT2D eigenvalue weighted by atomic mass is 10.1. The summed E-state index contributed by atoms with van der Waals surface area (Å²) in [6.45, 7) is 3.49. The van der Waals surface area contributed by atoms with Crippen molar-refractivity contribution in [2.75, 3.05) is 0 Å². The Labute approximate surface area is 104 Å². The zero-order valence-electron chi connectivity index (χ0n) is 10.3. The van der Waals surface area contributed by atoms with Crippen LogP contribution < -0.4 is 0 Å². The average Bonchev–Trinajstić information content (AvgIpc) is 2.79. The van der Waals surface area contributed by atoms with Gasteiger partial charge >= 0.3 is 0 Å². The SMILES string of the molecule is CC(O)C(C)c1nc(Cc2ccc(F)cc2)no1. The minimum Gasteiger partial charge on any atom is -0.393 e. The molecule has 0 aliphatic carbocycles. The van der Waals surface area contributed by atoms with E-state index in [0.29, 0.717) is 18.1 Å². The Morgan fingerprint density at radius 2 is 1.94 bits per heavy atom. The number of aliphatic hydroxyl groups is 1. The van der Waals surface area contributed by atoms with E-state index in [1.165, 1.54) is 12.1 Å². The minimum atomic E-state index is -0.538. The van der Waals surface area contributed by atoms with E-state index in [9.17, 15) is 9.50 Å². The summed E-state index contributed by atoms with van der Waals surface area (Å²) < 4.78 is 17.8. The molecule has 0 radical (unpaired) electrons. The Balaban J connectivity index is 2.09. The molecule has 0 bridgehead atoms. The molecular weight excluding hydrogens is 235 g/mol. The van der Waals surface area contributed by atoms with Crippen molar-refractivity contribution < 1.29 is 14.0 Å². The monoisotopic (exact) mass is 250 g/mol. The molecule has 0 saturated heterocycles. The van der Waals surface area contributed by atoms with E-state index in [-0.39, 0.29) is 11.7 Å². The molecule has 18 heavy (non-hydrogen) atoms. The summed E-state index contributed by atoms with van der Waals surface area (Å²) >= 11 is 0. The first kappa shape index (κ1) is 12.7. The van der Waals surface area contributed by atoms with Gasteiger partial charge in [-0.3, -0.25) is 0 Å². The van der Waals surface area contributed by atoms with Gasteiger partial charge in [0.15, 0.2) is 5.82 Å². The number of nitrogens with zero attached hydrogens (tertiary/aromatic N) is 2. The van der Waals surface area contributed by atoms with E-state index in [4.69, 9.17) is 4.52 Å². The van der Waals surface area contributed by atoms with Gasteiger partial charge in [0.25, 0.3) is 0 Å². The van der Waals surface area contributed by atoms with E-state index < -0.39 is 6.10 Å². The molecule has 0 saturated carbocycles. The minimum absolute atomic E-state index is 0.195. The van der Waals surface area contributed by atoms with E-state index in [2.05, 4.69) is 10.1 Å². The lowest BCUT2D eigenvalue weighted by molar-refractivity contribution is 0.151. The number of rotatable bonds is 4. The van der Waals surface area contributed by atoms with Crippen LogP contribution in [-0.4, -0.2) is 21.4 Å². The largest absolute Gasteiger partial charge is 0.393 e. The van der Waals surface area contributed by atoms with Crippen LogP contribution in [0.1, 0.15) is 37.0 Å². The van der Waals surface area contributed by atoms with Gasteiger partial charge in [0, 0.05) is 6.42 Å². The Morgan fingerprint density at radius 1 is 1.28 bits per heavy atom. The predicted octanol–water partition coefficient (Wildman–Crippen LogP) is 2.28. The van der Waals surface area contributed by atoms with Gasteiger partial charge in [0.2, 0.25) is 5.89 Å². The van der Waals surface area contributed by atoms with Gasteiger partial charge in [-0.2, -0.15) is 4.98 Å². The number of hydrogen-bond acceptors (Lipinski definition) is 4. The molecule has 0 spiro atoms. The van der Waals surface area contributed by atoms with Gasteiger partial charge in [-0.25, -0.2) is 4.39 Å². The fourth-order valence-electron chi connectivity index (χ4n) is 1.52. The van der Waals surface area contributed by atoms with Crippen LogP contribution in [0, 0.1) is 5.82 Å². The van der Waals surface area contributed by atoms with Crippen LogP contribution in [0.3, 0.4) is 0 Å². The first-order valence-electron chi connectivity index (χ1n) is 5.81. The summed E-state index contributed by atoms with van der Waals surface area (Å²) in [5.41, 5.74) is 0.911. The van der Waals surface area contributed by atoms with Crippen molar-refractivity contribution in [1.82, 2.24) is 10.1 Å². The van der Waals surface area contributed by atoms with Crippen LogP contribution in [0.25, 0.3) is 0 Å². The molecule has 2 atom stereocenters. The second-order valence-corrected chi connectivity index (χ2v) is 4.38. The molecule has 5 heteroatoms. The maximum absolute atomic E-state index is 12.7. The van der Waals surface area contributed by atoms with E-state index in [1.54, 1.807) is 19.1 Å². The molecule has 1 aromatic heterocycles. The molecule has 1 aromatic carbocycles. The fraction of sp³-hybridized carbons (Fsp3) is 0.385. The van der Waals surface area contributed by atoms with Crippen molar-refractivity contribution in [2.45, 2.75) is 32.3 Å². The van der Waals surface area contributed by atoms with E-state index in [0.717, 1.165) is 5.56 Å². The maximum atomic E-state index is 12.7. The third-order valence-corrected chi connectivity index (χ3v) is 2.87. The molecule has 1 N–H and O–H groups in total. The lowest BCUT2D eigenvalue weighted by Crippen LogP contribution is -2.11. The molecule has 0 amide bonds. The van der Waals surface area contributed by atoms with Crippen molar-refractivity contribution in [1.29, 1.82) is 0 Å². The van der Waals surface area contributed by atoms with Crippen molar-refractivity contribution in [3.8, 4) is 0 Å².